The number of benzene rings is 1. The highest BCUT2D eigenvalue weighted by Gasteiger charge is 2.20. The van der Waals surface area contributed by atoms with Crippen molar-refractivity contribution in [3.8, 4) is 0 Å². The number of nitrogens with zero attached hydrogens (tertiary/aromatic N) is 3. The Bertz CT molecular complexity index is 778. The molecule has 8 nitrogen and oxygen atoms in total. The second-order valence-electron chi connectivity index (χ2n) is 6.52. The van der Waals surface area contributed by atoms with Gasteiger partial charge in [0, 0.05) is 43.1 Å². The Balaban J connectivity index is 0.00000420. The highest BCUT2D eigenvalue weighted by atomic mass is 35.5. The van der Waals surface area contributed by atoms with E-state index in [4.69, 9.17) is 0 Å². The quantitative estimate of drug-likeness (QED) is 0.507. The van der Waals surface area contributed by atoms with Crippen molar-refractivity contribution in [1.82, 2.24) is 25.3 Å². The molecule has 0 aliphatic carbocycles. The zero-order chi connectivity index (χ0) is 20.5. The van der Waals surface area contributed by atoms with Gasteiger partial charge in [-0.05, 0) is 44.4 Å². The molecule has 0 spiro atoms. The van der Waals surface area contributed by atoms with E-state index in [2.05, 4.69) is 39.8 Å². The summed E-state index contributed by atoms with van der Waals surface area (Å²) in [6.07, 6.45) is 3.46. The predicted octanol–water partition coefficient (Wildman–Crippen LogP) is 2.23. The molecule has 1 atom stereocenters. The average molecular weight is 459 g/mol. The van der Waals surface area contributed by atoms with Crippen LogP contribution in [0, 0.1) is 0 Å². The predicted molar refractivity (Wildman–Crippen MR) is 125 cm³/mol. The third kappa shape index (κ3) is 7.95. The van der Waals surface area contributed by atoms with Crippen LogP contribution in [0.1, 0.15) is 35.8 Å². The number of carbonyl (C=O) groups excluding carboxylic acids is 2. The summed E-state index contributed by atoms with van der Waals surface area (Å²) in [4.78, 5) is 27.0. The molecule has 0 saturated carbocycles. The van der Waals surface area contributed by atoms with Crippen molar-refractivity contribution >= 4 is 42.3 Å². The number of likely N-dealkylation sites (N-methyl/N-ethyl adjacent to an activating group) is 2. The fourth-order valence-corrected chi connectivity index (χ4v) is 2.93. The van der Waals surface area contributed by atoms with Crippen LogP contribution in [0.3, 0.4) is 0 Å². The van der Waals surface area contributed by atoms with E-state index in [1.807, 2.05) is 0 Å². The van der Waals surface area contributed by atoms with Gasteiger partial charge in [0.15, 0.2) is 0 Å². The number of hydrogen-bond donors (Lipinski definition) is 3. The van der Waals surface area contributed by atoms with Gasteiger partial charge >= 0.3 is 0 Å². The molecular weight excluding hydrogens is 427 g/mol. The van der Waals surface area contributed by atoms with Gasteiger partial charge < -0.3 is 20.9 Å². The van der Waals surface area contributed by atoms with Crippen molar-refractivity contribution in [2.24, 2.45) is 7.05 Å². The molecular formula is C20H32Cl2N6O2. The van der Waals surface area contributed by atoms with E-state index >= 15 is 0 Å². The summed E-state index contributed by atoms with van der Waals surface area (Å²) in [5.41, 5.74) is 1.98. The first-order valence-corrected chi connectivity index (χ1v) is 9.55. The second kappa shape index (κ2) is 14.0. The van der Waals surface area contributed by atoms with Gasteiger partial charge in [-0.15, -0.1) is 24.8 Å². The Morgan fingerprint density at radius 3 is 2.27 bits per heavy atom. The Morgan fingerprint density at radius 1 is 1.13 bits per heavy atom. The largest absolute Gasteiger partial charge is 0.351 e. The smallest absolute Gasteiger partial charge is 0.251 e. The van der Waals surface area contributed by atoms with Gasteiger partial charge in [0.05, 0.1) is 6.20 Å². The lowest BCUT2D eigenvalue weighted by Crippen LogP contribution is -2.34. The van der Waals surface area contributed by atoms with Crippen LogP contribution in [0.2, 0.25) is 0 Å². The summed E-state index contributed by atoms with van der Waals surface area (Å²) in [7, 11) is 3.53. The molecule has 0 bridgehead atoms. The van der Waals surface area contributed by atoms with E-state index in [0.717, 1.165) is 25.2 Å². The number of nitrogens with one attached hydrogen (secondary N) is 3. The van der Waals surface area contributed by atoms with Crippen LogP contribution >= 0.6 is 24.8 Å². The molecule has 30 heavy (non-hydrogen) atoms. The van der Waals surface area contributed by atoms with Crippen LogP contribution in [-0.4, -0.2) is 59.7 Å². The number of aromatic nitrogens is 2. The van der Waals surface area contributed by atoms with Crippen molar-refractivity contribution < 1.29 is 9.59 Å². The maximum Gasteiger partial charge on any atom is 0.251 e. The Labute approximate surface area is 190 Å². The summed E-state index contributed by atoms with van der Waals surface area (Å²) in [5, 5.41) is 12.9. The highest BCUT2D eigenvalue weighted by molar-refractivity contribution is 5.97. The molecule has 1 unspecified atom stereocenters. The van der Waals surface area contributed by atoms with Gasteiger partial charge in [0.1, 0.15) is 6.04 Å². The number of rotatable bonds is 10. The topological polar surface area (TPSA) is 91.3 Å². The van der Waals surface area contributed by atoms with Crippen LogP contribution in [0.4, 0.5) is 5.69 Å². The zero-order valence-electron chi connectivity index (χ0n) is 17.8. The van der Waals surface area contributed by atoms with Crippen LogP contribution in [0.25, 0.3) is 0 Å². The summed E-state index contributed by atoms with van der Waals surface area (Å²) >= 11 is 0. The van der Waals surface area contributed by atoms with E-state index in [-0.39, 0.29) is 36.6 Å². The van der Waals surface area contributed by atoms with Gasteiger partial charge in [-0.25, -0.2) is 0 Å². The van der Waals surface area contributed by atoms with Crippen LogP contribution < -0.4 is 16.0 Å². The number of carbonyl (C=O) groups is 2. The van der Waals surface area contributed by atoms with E-state index < -0.39 is 6.04 Å². The van der Waals surface area contributed by atoms with E-state index in [9.17, 15) is 9.59 Å². The van der Waals surface area contributed by atoms with Crippen LogP contribution in [0.5, 0.6) is 0 Å². The van der Waals surface area contributed by atoms with Crippen LogP contribution in [-0.2, 0) is 11.8 Å². The first-order chi connectivity index (χ1) is 13.5. The molecule has 0 aliphatic rings. The molecule has 168 valence electrons. The molecule has 3 N–H and O–H groups in total. The number of amides is 2. The van der Waals surface area contributed by atoms with Gasteiger partial charge in [-0.3, -0.25) is 14.3 Å². The number of aryl methyl sites for hydroxylation is 1. The fourth-order valence-electron chi connectivity index (χ4n) is 2.93. The van der Waals surface area contributed by atoms with Gasteiger partial charge in [0.25, 0.3) is 5.91 Å². The average Bonchev–Trinajstić information content (AvgIpc) is 3.12. The summed E-state index contributed by atoms with van der Waals surface area (Å²) in [6, 6.07) is 6.37. The maximum atomic E-state index is 12.5. The number of halogens is 2. The number of anilines is 1. The van der Waals surface area contributed by atoms with E-state index in [0.29, 0.717) is 17.8 Å². The molecule has 0 saturated heterocycles. The lowest BCUT2D eigenvalue weighted by molar-refractivity contribution is -0.118. The van der Waals surface area contributed by atoms with E-state index in [1.165, 1.54) is 0 Å². The monoisotopic (exact) mass is 458 g/mol. The summed E-state index contributed by atoms with van der Waals surface area (Å²) in [5.74, 6) is -0.305. The van der Waals surface area contributed by atoms with Crippen molar-refractivity contribution in [2.75, 3.05) is 38.5 Å². The SMILES string of the molecule is CCN(CC)CCNC(=O)c1ccc(NC(=O)C(NC)c2cnn(C)c2)cc1.Cl.Cl. The standard InChI is InChI=1S/C20H30N6O2.2ClH/c1-5-26(6-2)12-11-22-19(27)15-7-9-17(10-8-15)24-20(28)18(21-3)16-13-23-25(4)14-16;;/h7-10,13-14,18,21H,5-6,11-12H2,1-4H3,(H,22,27)(H,24,28);2*1H. The molecule has 10 heteroatoms. The summed E-state index contributed by atoms with van der Waals surface area (Å²) < 4.78 is 1.65. The third-order valence-corrected chi connectivity index (χ3v) is 4.63. The lowest BCUT2D eigenvalue weighted by Gasteiger charge is -2.18. The Kier molecular flexibility index (Phi) is 13.0. The maximum absolute atomic E-state index is 12.5. The molecule has 0 aliphatic heterocycles. The third-order valence-electron chi connectivity index (χ3n) is 4.63. The zero-order valence-corrected chi connectivity index (χ0v) is 19.5. The number of hydrogen-bond acceptors (Lipinski definition) is 5. The normalized spacial score (nSPS) is 11.2. The van der Waals surface area contributed by atoms with Gasteiger partial charge in [-0.2, -0.15) is 5.10 Å². The molecule has 0 fully saturated rings. The first kappa shape index (κ1) is 27.9. The highest BCUT2D eigenvalue weighted by Crippen LogP contribution is 2.16. The molecule has 2 rings (SSSR count). The lowest BCUT2D eigenvalue weighted by atomic mass is 10.1. The van der Waals surface area contributed by atoms with Crippen molar-refractivity contribution in [1.29, 1.82) is 0 Å². The van der Waals surface area contributed by atoms with Gasteiger partial charge in [-0.1, -0.05) is 13.8 Å². The summed E-state index contributed by atoms with van der Waals surface area (Å²) in [6.45, 7) is 7.57. The molecule has 2 aromatic rings. The van der Waals surface area contributed by atoms with Crippen molar-refractivity contribution in [2.45, 2.75) is 19.9 Å². The van der Waals surface area contributed by atoms with E-state index in [1.54, 1.807) is 55.4 Å². The molecule has 1 aromatic carbocycles. The second-order valence-corrected chi connectivity index (χ2v) is 6.52. The minimum atomic E-state index is -0.503. The Hall–Kier alpha value is -2.13. The van der Waals surface area contributed by atoms with Crippen molar-refractivity contribution in [3.05, 3.63) is 47.8 Å². The molecule has 1 heterocycles. The van der Waals surface area contributed by atoms with Crippen molar-refractivity contribution in [3.63, 3.8) is 0 Å². The van der Waals surface area contributed by atoms with Crippen LogP contribution in [0.15, 0.2) is 36.7 Å². The van der Waals surface area contributed by atoms with Gasteiger partial charge in [0.2, 0.25) is 5.91 Å². The minimum Gasteiger partial charge on any atom is -0.351 e. The first-order valence-electron chi connectivity index (χ1n) is 9.55. The fraction of sp³-hybridized carbons (Fsp3) is 0.450. The molecule has 1 aromatic heterocycles. The molecule has 2 amide bonds. The Morgan fingerprint density at radius 2 is 1.77 bits per heavy atom. The molecule has 0 radical (unpaired) electrons. The minimum absolute atomic E-state index is 0.